The van der Waals surface area contributed by atoms with Crippen LogP contribution in [0.4, 0.5) is 0 Å². The number of hydrogen-bond donors (Lipinski definition) is 4. The Kier molecular flexibility index (Phi) is 7.71. The molecule has 4 fully saturated rings. The zero-order valence-corrected chi connectivity index (χ0v) is 22.6. The molecule has 7 heteroatoms. The van der Waals surface area contributed by atoms with E-state index >= 15 is 0 Å². The molecule has 7 nitrogen and oxygen atoms in total. The molecule has 0 radical (unpaired) electrons. The average molecular weight is 488 g/mol. The highest BCUT2D eigenvalue weighted by Crippen LogP contribution is 2.69. The Morgan fingerprint density at radius 3 is 2.60 bits per heavy atom. The molecule has 0 aromatic heterocycles. The number of aliphatic hydroxyl groups is 2. The van der Waals surface area contributed by atoms with E-state index in [1.54, 1.807) is 0 Å². The quantitative estimate of drug-likeness (QED) is 0.261. The number of hydrazone groups is 1. The smallest absolute Gasteiger partial charge is 0.209 e. The van der Waals surface area contributed by atoms with Gasteiger partial charge in [0.25, 0.3) is 0 Å². The topological polar surface area (TPSA) is 106 Å². The molecular formula is C28H49N5O2. The van der Waals surface area contributed by atoms with Gasteiger partial charge >= 0.3 is 0 Å². The molecule has 0 unspecified atom stereocenters. The van der Waals surface area contributed by atoms with Gasteiger partial charge < -0.3 is 20.8 Å². The number of aliphatic imine (C=N–C) groups is 1. The fourth-order valence-electron chi connectivity index (χ4n) is 8.48. The summed E-state index contributed by atoms with van der Waals surface area (Å²) in [5.74, 6) is 2.25. The summed E-state index contributed by atoms with van der Waals surface area (Å²) in [6, 6.07) is 0. The van der Waals surface area contributed by atoms with Crippen molar-refractivity contribution < 1.29 is 10.2 Å². The average Bonchev–Trinajstić information content (AvgIpc) is 3.05. The van der Waals surface area contributed by atoms with E-state index in [0.29, 0.717) is 36.2 Å². The van der Waals surface area contributed by atoms with Crippen molar-refractivity contribution in [2.45, 2.75) is 90.3 Å². The van der Waals surface area contributed by atoms with Crippen LogP contribution < -0.4 is 11.2 Å². The van der Waals surface area contributed by atoms with E-state index in [0.717, 1.165) is 63.5 Å². The van der Waals surface area contributed by atoms with Crippen LogP contribution in [0.5, 0.6) is 0 Å². The summed E-state index contributed by atoms with van der Waals surface area (Å²) >= 11 is 0. The van der Waals surface area contributed by atoms with E-state index in [1.807, 2.05) is 20.3 Å². The first-order valence-electron chi connectivity index (χ1n) is 13.8. The van der Waals surface area contributed by atoms with E-state index in [2.05, 4.69) is 47.3 Å². The van der Waals surface area contributed by atoms with Gasteiger partial charge in [0.15, 0.2) is 0 Å². The van der Waals surface area contributed by atoms with Gasteiger partial charge in [-0.25, -0.2) is 5.43 Å². The Labute approximate surface area is 212 Å². The van der Waals surface area contributed by atoms with E-state index < -0.39 is 5.60 Å². The van der Waals surface area contributed by atoms with Crippen molar-refractivity contribution in [3.05, 3.63) is 11.6 Å². The van der Waals surface area contributed by atoms with Crippen LogP contribution in [0.1, 0.15) is 78.6 Å². The van der Waals surface area contributed by atoms with Crippen molar-refractivity contribution in [1.29, 1.82) is 0 Å². The minimum absolute atomic E-state index is 0.0965. The first kappa shape index (κ1) is 26.6. The molecule has 0 spiro atoms. The summed E-state index contributed by atoms with van der Waals surface area (Å²) in [7, 11) is 4.02. The maximum absolute atomic E-state index is 12.3. The Balaban J connectivity index is 1.43. The van der Waals surface area contributed by atoms with Gasteiger partial charge in [-0.05, 0) is 113 Å². The third kappa shape index (κ3) is 4.93. The fraction of sp³-hybridized carbons (Fsp3) is 0.857. The first-order chi connectivity index (χ1) is 16.5. The van der Waals surface area contributed by atoms with Crippen LogP contribution in [-0.2, 0) is 0 Å². The molecule has 5 N–H and O–H groups in total. The van der Waals surface area contributed by atoms with Gasteiger partial charge in [0.1, 0.15) is 0 Å². The van der Waals surface area contributed by atoms with Crippen molar-refractivity contribution in [3.63, 3.8) is 0 Å². The lowest BCUT2D eigenvalue weighted by Crippen LogP contribution is -2.62. The standard InChI is InChI=1S/C28H49N5O2/c1-19(18-31-32-25(29)30-14-15-33(4)5)16-21-8-13-28(35)24-7-6-20-17-22(34)9-11-26(20,2)23(24)10-12-27(21,28)3/h16,18,20-24,34-35H,6-15,17H2,1-5H3,(H3,29,30,32)/b19-16+,31-18+/t20-,21-,22+,23+,24-,26+,27-,28+/m1/s1. The van der Waals surface area contributed by atoms with Crippen molar-refractivity contribution in [2.75, 3.05) is 27.2 Å². The van der Waals surface area contributed by atoms with Gasteiger partial charge in [-0.2, -0.15) is 5.10 Å². The number of nitrogens with zero attached hydrogens (tertiary/aromatic N) is 3. The lowest BCUT2D eigenvalue weighted by Gasteiger charge is -2.63. The van der Waals surface area contributed by atoms with E-state index in [1.165, 1.54) is 6.42 Å². The summed E-state index contributed by atoms with van der Waals surface area (Å²) in [6.07, 6.45) is 13.5. The molecule has 4 aliphatic carbocycles. The van der Waals surface area contributed by atoms with Crippen LogP contribution in [0.3, 0.4) is 0 Å². The Morgan fingerprint density at radius 1 is 1.09 bits per heavy atom. The summed E-state index contributed by atoms with van der Waals surface area (Å²) in [6.45, 7) is 8.38. The van der Waals surface area contributed by atoms with Gasteiger partial charge in [0.2, 0.25) is 5.96 Å². The van der Waals surface area contributed by atoms with Crippen LogP contribution in [-0.4, -0.2) is 66.2 Å². The van der Waals surface area contributed by atoms with Crippen molar-refractivity contribution in [2.24, 2.45) is 50.3 Å². The van der Waals surface area contributed by atoms with Crippen LogP contribution in [0, 0.1) is 34.5 Å². The highest BCUT2D eigenvalue weighted by molar-refractivity contribution is 5.82. The normalized spacial score (nSPS) is 44.3. The second-order valence-corrected chi connectivity index (χ2v) is 12.8. The van der Waals surface area contributed by atoms with Crippen LogP contribution in [0.15, 0.2) is 21.7 Å². The maximum atomic E-state index is 12.3. The van der Waals surface area contributed by atoms with Crippen molar-refractivity contribution in [3.8, 4) is 0 Å². The molecule has 0 saturated heterocycles. The van der Waals surface area contributed by atoms with Crippen LogP contribution in [0.25, 0.3) is 0 Å². The number of hydrogen-bond acceptors (Lipinski definition) is 5. The Bertz CT molecular complexity index is 856. The number of likely N-dealkylation sites (N-methyl/N-ethyl adjacent to an activating group) is 1. The summed E-state index contributed by atoms with van der Waals surface area (Å²) in [5, 5.41) is 26.9. The molecule has 198 valence electrons. The molecule has 8 atom stereocenters. The van der Waals surface area contributed by atoms with Gasteiger partial charge in [0, 0.05) is 18.2 Å². The largest absolute Gasteiger partial charge is 0.393 e. The zero-order valence-electron chi connectivity index (χ0n) is 22.6. The highest BCUT2D eigenvalue weighted by Gasteiger charge is 2.66. The molecular weight excluding hydrogens is 438 g/mol. The number of fused-ring (bicyclic) bond motifs is 5. The van der Waals surface area contributed by atoms with E-state index in [-0.39, 0.29) is 16.9 Å². The minimum Gasteiger partial charge on any atom is -0.393 e. The number of guanidine groups is 1. The number of nitrogens with one attached hydrogen (secondary N) is 1. The van der Waals surface area contributed by atoms with E-state index in [9.17, 15) is 10.2 Å². The summed E-state index contributed by atoms with van der Waals surface area (Å²) < 4.78 is 0. The number of allylic oxidation sites excluding steroid dienone is 2. The molecule has 4 saturated carbocycles. The third-order valence-corrected chi connectivity index (χ3v) is 10.6. The molecule has 0 bridgehead atoms. The molecule has 4 rings (SSSR count). The Hall–Kier alpha value is -1.44. The SMILES string of the molecule is CC(/C=N/NC(N)=NCCN(C)C)=C\[C@H]1CC[C@]2(O)[C@@H]3CC[C@@H]4C[C@@H](O)CC[C@]4(C)[C@H]3CC[C@]12C. The highest BCUT2D eigenvalue weighted by atomic mass is 16.3. The molecule has 0 aromatic carbocycles. The van der Waals surface area contributed by atoms with Gasteiger partial charge in [-0.1, -0.05) is 19.9 Å². The third-order valence-electron chi connectivity index (χ3n) is 10.6. The predicted octanol–water partition coefficient (Wildman–Crippen LogP) is 3.52. The fourth-order valence-corrected chi connectivity index (χ4v) is 8.48. The maximum Gasteiger partial charge on any atom is 0.209 e. The monoisotopic (exact) mass is 487 g/mol. The molecule has 0 heterocycles. The predicted molar refractivity (Wildman–Crippen MR) is 143 cm³/mol. The lowest BCUT2D eigenvalue weighted by atomic mass is 9.43. The van der Waals surface area contributed by atoms with Crippen molar-refractivity contribution >= 4 is 12.2 Å². The number of nitrogens with two attached hydrogens (primary N) is 1. The summed E-state index contributed by atoms with van der Waals surface area (Å²) in [5.41, 5.74) is 9.40. The second kappa shape index (κ2) is 10.1. The Morgan fingerprint density at radius 2 is 1.86 bits per heavy atom. The van der Waals surface area contributed by atoms with Gasteiger partial charge in [-0.3, -0.25) is 4.99 Å². The molecule has 35 heavy (non-hydrogen) atoms. The zero-order chi connectivity index (χ0) is 25.4. The van der Waals surface area contributed by atoms with Gasteiger partial charge in [-0.15, -0.1) is 0 Å². The van der Waals surface area contributed by atoms with Gasteiger partial charge in [0.05, 0.1) is 18.2 Å². The molecule has 0 aliphatic heterocycles. The van der Waals surface area contributed by atoms with Crippen molar-refractivity contribution in [1.82, 2.24) is 10.3 Å². The second-order valence-electron chi connectivity index (χ2n) is 12.8. The first-order valence-corrected chi connectivity index (χ1v) is 13.8. The molecule has 0 aromatic rings. The summed E-state index contributed by atoms with van der Waals surface area (Å²) in [4.78, 5) is 6.34. The molecule has 0 amide bonds. The lowest BCUT2D eigenvalue weighted by molar-refractivity contribution is -0.207. The van der Waals surface area contributed by atoms with E-state index in [4.69, 9.17) is 5.73 Å². The number of aliphatic hydroxyl groups excluding tert-OH is 1. The number of rotatable bonds is 6. The van der Waals surface area contributed by atoms with Crippen LogP contribution >= 0.6 is 0 Å². The van der Waals surface area contributed by atoms with Crippen LogP contribution in [0.2, 0.25) is 0 Å². The molecule has 4 aliphatic rings. The minimum atomic E-state index is -0.597.